The standard InChI is InChI=1S/C8H16N2OS/c9-7(5-8(10)11)6-1-3-12-4-2-6/h6-7H,1-5,9H2,(H2,10,11). The molecule has 0 spiro atoms. The molecule has 1 saturated heterocycles. The van der Waals surface area contributed by atoms with Crippen LogP contribution in [0.5, 0.6) is 0 Å². The molecular weight excluding hydrogens is 172 g/mol. The fourth-order valence-corrected chi connectivity index (χ4v) is 2.69. The predicted molar refractivity (Wildman–Crippen MR) is 51.8 cm³/mol. The van der Waals surface area contributed by atoms with Gasteiger partial charge in [-0.05, 0) is 30.3 Å². The Balaban J connectivity index is 2.29. The monoisotopic (exact) mass is 188 g/mol. The molecule has 1 heterocycles. The average Bonchev–Trinajstić information content (AvgIpc) is 2.05. The summed E-state index contributed by atoms with van der Waals surface area (Å²) >= 11 is 1.96. The molecule has 1 aliphatic rings. The Kier molecular flexibility index (Phi) is 3.88. The first kappa shape index (κ1) is 9.86. The third-order valence-corrected chi connectivity index (χ3v) is 3.36. The van der Waals surface area contributed by atoms with Crippen molar-refractivity contribution in [1.82, 2.24) is 0 Å². The van der Waals surface area contributed by atoms with E-state index in [-0.39, 0.29) is 11.9 Å². The van der Waals surface area contributed by atoms with Crippen LogP contribution in [0.3, 0.4) is 0 Å². The molecular formula is C8H16N2OS. The van der Waals surface area contributed by atoms with Crippen LogP contribution >= 0.6 is 11.8 Å². The number of amides is 1. The van der Waals surface area contributed by atoms with E-state index in [1.807, 2.05) is 11.8 Å². The highest BCUT2D eigenvalue weighted by atomic mass is 32.2. The molecule has 0 aromatic rings. The Labute approximate surface area is 77.3 Å². The van der Waals surface area contributed by atoms with Gasteiger partial charge in [0.1, 0.15) is 0 Å². The van der Waals surface area contributed by atoms with Crippen LogP contribution in [0.2, 0.25) is 0 Å². The summed E-state index contributed by atoms with van der Waals surface area (Å²) in [5, 5.41) is 0. The SMILES string of the molecule is NC(=O)CC(N)C1CCSCC1. The maximum atomic E-state index is 10.6. The number of carbonyl (C=O) groups is 1. The summed E-state index contributed by atoms with van der Waals surface area (Å²) in [4.78, 5) is 10.6. The Hall–Kier alpha value is -0.220. The minimum absolute atomic E-state index is 0.0107. The van der Waals surface area contributed by atoms with Gasteiger partial charge >= 0.3 is 0 Å². The number of carbonyl (C=O) groups excluding carboxylic acids is 1. The first-order valence-electron chi connectivity index (χ1n) is 4.32. The number of rotatable bonds is 3. The molecule has 1 aliphatic heterocycles. The van der Waals surface area contributed by atoms with E-state index < -0.39 is 0 Å². The van der Waals surface area contributed by atoms with Crippen LogP contribution < -0.4 is 11.5 Å². The summed E-state index contributed by atoms with van der Waals surface area (Å²) in [7, 11) is 0. The third-order valence-electron chi connectivity index (χ3n) is 2.31. The quantitative estimate of drug-likeness (QED) is 0.670. The van der Waals surface area contributed by atoms with Gasteiger partial charge in [-0.15, -0.1) is 0 Å². The summed E-state index contributed by atoms with van der Waals surface area (Å²) in [5.74, 6) is 2.59. The van der Waals surface area contributed by atoms with Crippen LogP contribution in [0.1, 0.15) is 19.3 Å². The van der Waals surface area contributed by atoms with Crippen LogP contribution in [0.4, 0.5) is 0 Å². The van der Waals surface area contributed by atoms with Crippen LogP contribution in [0.15, 0.2) is 0 Å². The molecule has 1 amide bonds. The fraction of sp³-hybridized carbons (Fsp3) is 0.875. The highest BCUT2D eigenvalue weighted by Crippen LogP contribution is 2.25. The Morgan fingerprint density at radius 3 is 2.58 bits per heavy atom. The van der Waals surface area contributed by atoms with Crippen molar-refractivity contribution < 1.29 is 4.79 Å². The smallest absolute Gasteiger partial charge is 0.218 e. The molecule has 1 unspecified atom stereocenters. The molecule has 1 rings (SSSR count). The van der Waals surface area contributed by atoms with Gasteiger partial charge < -0.3 is 11.5 Å². The number of thioether (sulfide) groups is 1. The third kappa shape index (κ3) is 3.03. The van der Waals surface area contributed by atoms with Gasteiger partial charge in [0, 0.05) is 12.5 Å². The normalized spacial score (nSPS) is 22.1. The molecule has 3 nitrogen and oxygen atoms in total. The maximum absolute atomic E-state index is 10.6. The Bertz CT molecular complexity index is 157. The fourth-order valence-electron chi connectivity index (χ4n) is 1.54. The number of primary amides is 1. The van der Waals surface area contributed by atoms with E-state index in [1.165, 1.54) is 11.5 Å². The lowest BCUT2D eigenvalue weighted by Crippen LogP contribution is -2.36. The van der Waals surface area contributed by atoms with E-state index >= 15 is 0 Å². The molecule has 70 valence electrons. The van der Waals surface area contributed by atoms with Crippen molar-refractivity contribution >= 4 is 17.7 Å². The van der Waals surface area contributed by atoms with Gasteiger partial charge in [-0.2, -0.15) is 11.8 Å². The van der Waals surface area contributed by atoms with Crippen molar-refractivity contribution in [1.29, 1.82) is 0 Å². The zero-order valence-electron chi connectivity index (χ0n) is 7.16. The second-order valence-electron chi connectivity index (χ2n) is 3.28. The second kappa shape index (κ2) is 4.72. The molecule has 0 bridgehead atoms. The zero-order chi connectivity index (χ0) is 8.97. The summed E-state index contributed by atoms with van der Waals surface area (Å²) in [6, 6.07) is -0.0107. The Morgan fingerprint density at radius 1 is 1.50 bits per heavy atom. The molecule has 0 radical (unpaired) electrons. The second-order valence-corrected chi connectivity index (χ2v) is 4.51. The molecule has 12 heavy (non-hydrogen) atoms. The van der Waals surface area contributed by atoms with Gasteiger partial charge in [0.15, 0.2) is 0 Å². The van der Waals surface area contributed by atoms with Crippen molar-refractivity contribution in [2.45, 2.75) is 25.3 Å². The molecule has 4 N–H and O–H groups in total. The topological polar surface area (TPSA) is 69.1 Å². The van der Waals surface area contributed by atoms with E-state index in [9.17, 15) is 4.79 Å². The molecule has 1 fully saturated rings. The lowest BCUT2D eigenvalue weighted by Gasteiger charge is -2.26. The minimum atomic E-state index is -0.277. The van der Waals surface area contributed by atoms with Crippen molar-refractivity contribution in [3.05, 3.63) is 0 Å². The lowest BCUT2D eigenvalue weighted by atomic mass is 9.92. The van der Waals surface area contributed by atoms with E-state index in [2.05, 4.69) is 0 Å². The van der Waals surface area contributed by atoms with Gasteiger partial charge in [0.25, 0.3) is 0 Å². The molecule has 0 aliphatic carbocycles. The molecule has 1 atom stereocenters. The van der Waals surface area contributed by atoms with Crippen LogP contribution in [0, 0.1) is 5.92 Å². The first-order chi connectivity index (χ1) is 5.70. The molecule has 0 aromatic heterocycles. The highest BCUT2D eigenvalue weighted by molar-refractivity contribution is 7.99. The summed E-state index contributed by atoms with van der Waals surface area (Å²) in [6.07, 6.45) is 2.62. The average molecular weight is 188 g/mol. The van der Waals surface area contributed by atoms with Gasteiger partial charge in [-0.25, -0.2) is 0 Å². The van der Waals surface area contributed by atoms with Crippen molar-refractivity contribution in [2.24, 2.45) is 17.4 Å². The number of hydrogen-bond acceptors (Lipinski definition) is 3. The van der Waals surface area contributed by atoms with E-state index in [4.69, 9.17) is 11.5 Å². The lowest BCUT2D eigenvalue weighted by molar-refractivity contribution is -0.118. The summed E-state index contributed by atoms with van der Waals surface area (Å²) in [6.45, 7) is 0. The van der Waals surface area contributed by atoms with E-state index in [1.54, 1.807) is 0 Å². The van der Waals surface area contributed by atoms with Crippen LogP contribution in [-0.2, 0) is 4.79 Å². The number of nitrogens with two attached hydrogens (primary N) is 2. The van der Waals surface area contributed by atoms with Crippen LogP contribution in [0.25, 0.3) is 0 Å². The maximum Gasteiger partial charge on any atom is 0.218 e. The molecule has 0 aromatic carbocycles. The minimum Gasteiger partial charge on any atom is -0.370 e. The zero-order valence-corrected chi connectivity index (χ0v) is 7.98. The Morgan fingerprint density at radius 2 is 2.08 bits per heavy atom. The molecule has 0 saturated carbocycles. The van der Waals surface area contributed by atoms with Crippen molar-refractivity contribution in [2.75, 3.05) is 11.5 Å². The predicted octanol–water partition coefficient (Wildman–Crippen LogP) is 0.332. The molecule has 4 heteroatoms. The first-order valence-corrected chi connectivity index (χ1v) is 5.47. The largest absolute Gasteiger partial charge is 0.370 e. The number of hydrogen-bond donors (Lipinski definition) is 2. The van der Waals surface area contributed by atoms with E-state index in [0.717, 1.165) is 12.8 Å². The summed E-state index contributed by atoms with van der Waals surface area (Å²) < 4.78 is 0. The van der Waals surface area contributed by atoms with Gasteiger partial charge in [-0.1, -0.05) is 0 Å². The van der Waals surface area contributed by atoms with Gasteiger partial charge in [0.05, 0.1) is 0 Å². The van der Waals surface area contributed by atoms with Crippen molar-refractivity contribution in [3.63, 3.8) is 0 Å². The van der Waals surface area contributed by atoms with Gasteiger partial charge in [-0.3, -0.25) is 4.79 Å². The van der Waals surface area contributed by atoms with Crippen molar-refractivity contribution in [3.8, 4) is 0 Å². The van der Waals surface area contributed by atoms with Crippen LogP contribution in [-0.4, -0.2) is 23.5 Å². The van der Waals surface area contributed by atoms with E-state index in [0.29, 0.717) is 12.3 Å². The highest BCUT2D eigenvalue weighted by Gasteiger charge is 2.21. The van der Waals surface area contributed by atoms with Gasteiger partial charge in [0.2, 0.25) is 5.91 Å². The summed E-state index contributed by atoms with van der Waals surface area (Å²) in [5.41, 5.74) is 10.9.